The molecule has 0 radical (unpaired) electrons. The van der Waals surface area contributed by atoms with Crippen molar-refractivity contribution in [3.63, 3.8) is 0 Å². The predicted octanol–water partition coefficient (Wildman–Crippen LogP) is 3.68. The molecule has 0 spiro atoms. The third-order valence-electron chi connectivity index (χ3n) is 4.97. The van der Waals surface area contributed by atoms with Crippen molar-refractivity contribution >= 4 is 28.4 Å². The second kappa shape index (κ2) is 6.69. The lowest BCUT2D eigenvalue weighted by Gasteiger charge is -2.18. The highest BCUT2D eigenvalue weighted by molar-refractivity contribution is 6.36. The van der Waals surface area contributed by atoms with Gasteiger partial charge in [-0.2, -0.15) is 0 Å². The van der Waals surface area contributed by atoms with Gasteiger partial charge in [0.1, 0.15) is 0 Å². The molecule has 1 fully saturated rings. The Morgan fingerprint density at radius 1 is 1.29 bits per heavy atom. The van der Waals surface area contributed by atoms with E-state index in [0.29, 0.717) is 12.1 Å². The lowest BCUT2D eigenvalue weighted by molar-refractivity contribution is 0.0858. The van der Waals surface area contributed by atoms with E-state index in [2.05, 4.69) is 5.32 Å². The molecule has 0 bridgehead atoms. The highest BCUT2D eigenvalue weighted by Gasteiger charge is 2.19. The number of rotatable bonds is 3. The maximum Gasteiger partial charge on any atom is 0.251 e. The summed E-state index contributed by atoms with van der Waals surface area (Å²) in [5, 5.41) is 4.70. The molecule has 1 N–H and O–H groups in total. The van der Waals surface area contributed by atoms with Crippen LogP contribution in [0.3, 0.4) is 0 Å². The summed E-state index contributed by atoms with van der Waals surface area (Å²) in [6, 6.07) is 5.59. The van der Waals surface area contributed by atoms with Crippen molar-refractivity contribution in [2.75, 3.05) is 13.2 Å². The number of nitrogens with zero attached hydrogens (tertiary/aromatic N) is 1. The maximum atomic E-state index is 12.4. The highest BCUT2D eigenvalue weighted by atomic mass is 35.5. The SMILES string of the molecule is O=C(NC[C@H]1CCCO1)c1ccc2c(Cl)c3c(nc2c1)CCCC3. The standard InChI is InChI=1S/C19H21ClN2O2/c20-18-14-5-1-2-6-16(14)22-17-10-12(7-8-15(17)18)19(23)21-11-13-4-3-9-24-13/h7-8,10,13H,1-6,9,11H2,(H,21,23)/t13-/m1/s1. The Morgan fingerprint density at radius 3 is 3.00 bits per heavy atom. The number of fused-ring (bicyclic) bond motifs is 2. The fourth-order valence-corrected chi connectivity index (χ4v) is 3.99. The molecule has 1 amide bonds. The van der Waals surface area contributed by atoms with Crippen LogP contribution in [0.2, 0.25) is 5.02 Å². The highest BCUT2D eigenvalue weighted by Crippen LogP contribution is 2.33. The van der Waals surface area contributed by atoms with Crippen LogP contribution in [-0.2, 0) is 17.6 Å². The fraction of sp³-hybridized carbons (Fsp3) is 0.474. The topological polar surface area (TPSA) is 51.2 Å². The van der Waals surface area contributed by atoms with Gasteiger partial charge in [0.25, 0.3) is 5.91 Å². The molecule has 1 aliphatic heterocycles. The second-order valence-corrected chi connectivity index (χ2v) is 7.01. The first-order valence-corrected chi connectivity index (χ1v) is 9.11. The zero-order valence-electron chi connectivity index (χ0n) is 13.6. The van der Waals surface area contributed by atoms with Crippen LogP contribution in [0.4, 0.5) is 0 Å². The van der Waals surface area contributed by atoms with Gasteiger partial charge >= 0.3 is 0 Å². The predicted molar refractivity (Wildman–Crippen MR) is 94.7 cm³/mol. The third-order valence-corrected chi connectivity index (χ3v) is 5.40. The van der Waals surface area contributed by atoms with Crippen LogP contribution in [0.25, 0.3) is 10.9 Å². The van der Waals surface area contributed by atoms with Crippen molar-refractivity contribution in [2.45, 2.75) is 44.6 Å². The largest absolute Gasteiger partial charge is 0.376 e. The van der Waals surface area contributed by atoms with Crippen molar-refractivity contribution in [2.24, 2.45) is 0 Å². The van der Waals surface area contributed by atoms with Gasteiger partial charge in [-0.05, 0) is 56.2 Å². The van der Waals surface area contributed by atoms with E-state index in [1.165, 1.54) is 12.0 Å². The maximum absolute atomic E-state index is 12.4. The first-order chi connectivity index (χ1) is 11.7. The van der Waals surface area contributed by atoms with Crippen LogP contribution in [0.15, 0.2) is 18.2 Å². The van der Waals surface area contributed by atoms with E-state index in [-0.39, 0.29) is 12.0 Å². The molecule has 1 saturated heterocycles. The van der Waals surface area contributed by atoms with Crippen LogP contribution in [0, 0.1) is 0 Å². The third kappa shape index (κ3) is 3.01. The Labute approximate surface area is 146 Å². The molecule has 0 unspecified atom stereocenters. The summed E-state index contributed by atoms with van der Waals surface area (Å²) >= 11 is 6.58. The van der Waals surface area contributed by atoms with E-state index in [4.69, 9.17) is 21.3 Å². The number of ether oxygens (including phenoxy) is 1. The van der Waals surface area contributed by atoms with Crippen molar-refractivity contribution < 1.29 is 9.53 Å². The normalized spacial score (nSPS) is 20.1. The van der Waals surface area contributed by atoms with Gasteiger partial charge in [0, 0.05) is 29.8 Å². The number of carbonyl (C=O) groups excluding carboxylic acids is 1. The summed E-state index contributed by atoms with van der Waals surface area (Å²) in [7, 11) is 0. The lowest BCUT2D eigenvalue weighted by Crippen LogP contribution is -2.31. The van der Waals surface area contributed by atoms with E-state index < -0.39 is 0 Å². The van der Waals surface area contributed by atoms with E-state index in [0.717, 1.165) is 60.3 Å². The molecule has 24 heavy (non-hydrogen) atoms. The van der Waals surface area contributed by atoms with E-state index >= 15 is 0 Å². The molecule has 1 aromatic carbocycles. The van der Waals surface area contributed by atoms with Crippen LogP contribution < -0.4 is 5.32 Å². The van der Waals surface area contributed by atoms with E-state index in [1.807, 2.05) is 18.2 Å². The molecule has 4 nitrogen and oxygen atoms in total. The first kappa shape index (κ1) is 15.9. The average Bonchev–Trinajstić information content (AvgIpc) is 3.13. The number of hydrogen-bond acceptors (Lipinski definition) is 3. The van der Waals surface area contributed by atoms with Crippen molar-refractivity contribution in [1.82, 2.24) is 10.3 Å². The number of nitrogens with one attached hydrogen (secondary N) is 1. The zero-order valence-corrected chi connectivity index (χ0v) is 14.4. The summed E-state index contributed by atoms with van der Waals surface area (Å²) in [4.78, 5) is 17.2. The molecule has 1 aliphatic carbocycles. The molecule has 0 saturated carbocycles. The molecular formula is C19H21ClN2O2. The number of pyridine rings is 1. The number of benzene rings is 1. The number of carbonyl (C=O) groups is 1. The number of amides is 1. The summed E-state index contributed by atoms with van der Waals surface area (Å²) in [6.45, 7) is 1.36. The smallest absolute Gasteiger partial charge is 0.251 e. The number of halogens is 1. The Morgan fingerprint density at radius 2 is 2.17 bits per heavy atom. The number of aryl methyl sites for hydroxylation is 1. The van der Waals surface area contributed by atoms with Gasteiger partial charge < -0.3 is 10.1 Å². The zero-order chi connectivity index (χ0) is 16.5. The molecule has 2 heterocycles. The molecule has 5 heteroatoms. The van der Waals surface area contributed by atoms with Gasteiger partial charge in [0.15, 0.2) is 0 Å². The Kier molecular flexibility index (Phi) is 4.42. The van der Waals surface area contributed by atoms with E-state index in [9.17, 15) is 4.79 Å². The molecule has 2 aromatic rings. The van der Waals surface area contributed by atoms with Crippen molar-refractivity contribution in [3.05, 3.63) is 40.0 Å². The fourth-order valence-electron chi connectivity index (χ4n) is 3.62. The quantitative estimate of drug-likeness (QED) is 0.924. The van der Waals surface area contributed by atoms with Gasteiger partial charge in [-0.3, -0.25) is 9.78 Å². The second-order valence-electron chi connectivity index (χ2n) is 6.64. The summed E-state index contributed by atoms with van der Waals surface area (Å²) in [5.74, 6) is -0.0805. The molecule has 126 valence electrons. The summed E-state index contributed by atoms with van der Waals surface area (Å²) < 4.78 is 5.54. The Hall–Kier alpha value is -1.65. The van der Waals surface area contributed by atoms with Crippen LogP contribution in [0.5, 0.6) is 0 Å². The first-order valence-electron chi connectivity index (χ1n) is 8.73. The molecule has 1 aromatic heterocycles. The lowest BCUT2D eigenvalue weighted by atomic mass is 9.94. The molecule has 1 atom stereocenters. The minimum Gasteiger partial charge on any atom is -0.376 e. The Balaban J connectivity index is 1.59. The monoisotopic (exact) mass is 344 g/mol. The van der Waals surface area contributed by atoms with Crippen molar-refractivity contribution in [3.8, 4) is 0 Å². The molecule has 4 rings (SSSR count). The number of hydrogen-bond donors (Lipinski definition) is 1. The van der Waals surface area contributed by atoms with E-state index in [1.54, 1.807) is 0 Å². The van der Waals surface area contributed by atoms with Crippen LogP contribution >= 0.6 is 11.6 Å². The molecular weight excluding hydrogens is 324 g/mol. The minimum absolute atomic E-state index is 0.0805. The number of aromatic nitrogens is 1. The van der Waals surface area contributed by atoms with Gasteiger partial charge in [-0.1, -0.05) is 17.7 Å². The Bertz CT molecular complexity index is 785. The van der Waals surface area contributed by atoms with Gasteiger partial charge in [-0.25, -0.2) is 0 Å². The minimum atomic E-state index is -0.0805. The summed E-state index contributed by atoms with van der Waals surface area (Å²) in [6.07, 6.45) is 6.54. The van der Waals surface area contributed by atoms with Crippen LogP contribution in [-0.4, -0.2) is 30.1 Å². The van der Waals surface area contributed by atoms with Gasteiger partial charge in [0.05, 0.1) is 16.6 Å². The van der Waals surface area contributed by atoms with Gasteiger partial charge in [-0.15, -0.1) is 0 Å². The van der Waals surface area contributed by atoms with Gasteiger partial charge in [0.2, 0.25) is 0 Å². The summed E-state index contributed by atoms with van der Waals surface area (Å²) in [5.41, 5.74) is 3.71. The average molecular weight is 345 g/mol. The van der Waals surface area contributed by atoms with Crippen molar-refractivity contribution in [1.29, 1.82) is 0 Å². The molecule has 2 aliphatic rings. The van der Waals surface area contributed by atoms with Crippen LogP contribution in [0.1, 0.15) is 47.3 Å².